The van der Waals surface area contributed by atoms with Crippen LogP contribution in [0, 0.1) is 5.41 Å². The van der Waals surface area contributed by atoms with E-state index in [0.29, 0.717) is 23.3 Å². The lowest BCUT2D eigenvalue weighted by Crippen LogP contribution is -2.39. The first-order chi connectivity index (χ1) is 14.7. The van der Waals surface area contributed by atoms with E-state index in [1.165, 1.54) is 0 Å². The van der Waals surface area contributed by atoms with Crippen LogP contribution >= 0.6 is 15.9 Å². The number of nitrogens with zero attached hydrogens (tertiary/aromatic N) is 1. The van der Waals surface area contributed by atoms with Crippen LogP contribution in [0.2, 0.25) is 0 Å². The highest BCUT2D eigenvalue weighted by Gasteiger charge is 2.49. The second kappa shape index (κ2) is 7.17. The number of halogens is 1. The van der Waals surface area contributed by atoms with Crippen molar-refractivity contribution in [1.29, 1.82) is 0 Å². The normalized spacial score (nSPS) is 24.3. The zero-order valence-corrected chi connectivity index (χ0v) is 20.0. The SMILES string of the molecule is CC1(C)CC(=O)C2=C(C1)N(c1ccccc1)C1=C(C2c2ccc(Br)cc2)S(=O)(=O)CC1. The van der Waals surface area contributed by atoms with Gasteiger partial charge in [0.15, 0.2) is 15.6 Å². The average Bonchev–Trinajstić information content (AvgIpc) is 3.02. The van der Waals surface area contributed by atoms with Gasteiger partial charge in [0.1, 0.15) is 0 Å². The Balaban J connectivity index is 1.83. The fraction of sp³-hybridized carbons (Fsp3) is 0.320. The molecule has 1 unspecified atom stereocenters. The van der Waals surface area contributed by atoms with Crippen LogP contribution in [-0.4, -0.2) is 20.0 Å². The summed E-state index contributed by atoms with van der Waals surface area (Å²) in [5.74, 6) is -0.394. The first-order valence-corrected chi connectivity index (χ1v) is 13.0. The minimum atomic E-state index is -3.46. The van der Waals surface area contributed by atoms with E-state index in [1.54, 1.807) is 0 Å². The number of carbonyl (C=O) groups is 1. The second-order valence-corrected chi connectivity index (χ2v) is 12.3. The van der Waals surface area contributed by atoms with Gasteiger partial charge in [-0.25, -0.2) is 8.42 Å². The molecule has 2 aliphatic heterocycles. The minimum Gasteiger partial charge on any atom is -0.316 e. The Labute approximate surface area is 191 Å². The molecule has 4 nitrogen and oxygen atoms in total. The number of ketones is 1. The summed E-state index contributed by atoms with van der Waals surface area (Å²) in [6, 6.07) is 17.5. The quantitative estimate of drug-likeness (QED) is 0.531. The van der Waals surface area contributed by atoms with E-state index in [-0.39, 0.29) is 17.0 Å². The molecule has 31 heavy (non-hydrogen) atoms. The number of Topliss-reactive ketones (excluding diaryl/α,β-unsaturated/α-hetero) is 1. The second-order valence-electron chi connectivity index (χ2n) is 9.34. The Morgan fingerprint density at radius 3 is 2.32 bits per heavy atom. The number of carbonyl (C=O) groups excluding carboxylic acids is 1. The van der Waals surface area contributed by atoms with Crippen LogP contribution in [0.4, 0.5) is 5.69 Å². The molecule has 0 bridgehead atoms. The molecule has 2 aromatic rings. The maximum atomic E-state index is 13.6. The van der Waals surface area contributed by atoms with Gasteiger partial charge in [-0.15, -0.1) is 0 Å². The summed E-state index contributed by atoms with van der Waals surface area (Å²) in [6.45, 7) is 4.23. The molecule has 0 fully saturated rings. The lowest BCUT2D eigenvalue weighted by molar-refractivity contribution is -0.118. The van der Waals surface area contributed by atoms with Crippen molar-refractivity contribution >= 4 is 37.2 Å². The molecule has 0 radical (unpaired) electrons. The van der Waals surface area contributed by atoms with Crippen LogP contribution in [0.3, 0.4) is 0 Å². The maximum Gasteiger partial charge on any atom is 0.177 e. The van der Waals surface area contributed by atoms with E-state index in [4.69, 9.17) is 0 Å². The first-order valence-electron chi connectivity index (χ1n) is 10.5. The summed E-state index contributed by atoms with van der Waals surface area (Å²) < 4.78 is 27.5. The predicted molar refractivity (Wildman–Crippen MR) is 126 cm³/mol. The van der Waals surface area contributed by atoms with Crippen molar-refractivity contribution in [2.75, 3.05) is 10.7 Å². The number of anilines is 1. The third-order valence-electron chi connectivity index (χ3n) is 6.43. The zero-order chi connectivity index (χ0) is 22.0. The lowest BCUT2D eigenvalue weighted by atomic mass is 9.70. The molecule has 0 saturated carbocycles. The Hall–Kier alpha value is -2.18. The molecule has 3 aliphatic rings. The topological polar surface area (TPSA) is 54.5 Å². The zero-order valence-electron chi connectivity index (χ0n) is 17.6. The van der Waals surface area contributed by atoms with Gasteiger partial charge in [0, 0.05) is 40.0 Å². The summed E-state index contributed by atoms with van der Waals surface area (Å²) in [7, 11) is -3.46. The smallest absolute Gasteiger partial charge is 0.177 e. The molecule has 0 N–H and O–H groups in total. The molecule has 2 heterocycles. The van der Waals surface area contributed by atoms with E-state index in [2.05, 4.69) is 34.7 Å². The first kappa shape index (κ1) is 20.7. The number of sulfone groups is 1. The van der Waals surface area contributed by atoms with Gasteiger partial charge >= 0.3 is 0 Å². The molecular formula is C25H24BrNO3S. The predicted octanol–water partition coefficient (Wildman–Crippen LogP) is 5.73. The van der Waals surface area contributed by atoms with Gasteiger partial charge in [0.25, 0.3) is 0 Å². The molecule has 0 spiro atoms. The molecule has 0 saturated heterocycles. The highest BCUT2D eigenvalue weighted by atomic mass is 79.9. The maximum absolute atomic E-state index is 13.6. The summed E-state index contributed by atoms with van der Waals surface area (Å²) in [6.07, 6.45) is 1.61. The molecule has 160 valence electrons. The average molecular weight is 498 g/mol. The standard InChI is InChI=1S/C25H24BrNO3S/c1-25(2)14-20-23(21(28)15-25)22(16-8-10-17(26)11-9-16)24-19(12-13-31(24,29)30)27(20)18-6-4-3-5-7-18/h3-11,22H,12-15H2,1-2H3. The monoisotopic (exact) mass is 497 g/mol. The third-order valence-corrected chi connectivity index (χ3v) is 8.84. The fourth-order valence-electron chi connectivity index (χ4n) is 5.20. The van der Waals surface area contributed by atoms with Crippen LogP contribution in [0.15, 0.2) is 80.9 Å². The van der Waals surface area contributed by atoms with Crippen molar-refractivity contribution in [2.45, 2.75) is 39.0 Å². The summed E-state index contributed by atoms with van der Waals surface area (Å²) in [5.41, 5.74) is 4.02. The molecule has 5 rings (SSSR count). The fourth-order valence-corrected chi connectivity index (χ4v) is 7.31. The molecule has 0 aromatic heterocycles. The van der Waals surface area contributed by atoms with E-state index < -0.39 is 15.8 Å². The van der Waals surface area contributed by atoms with Gasteiger partial charge in [0.05, 0.1) is 16.6 Å². The van der Waals surface area contributed by atoms with Crippen molar-refractivity contribution < 1.29 is 13.2 Å². The largest absolute Gasteiger partial charge is 0.316 e. The van der Waals surface area contributed by atoms with Gasteiger partial charge in [0.2, 0.25) is 0 Å². The highest BCUT2D eigenvalue weighted by Crippen LogP contribution is 2.54. The molecule has 2 aromatic carbocycles. The number of rotatable bonds is 2. The molecule has 1 atom stereocenters. The Kier molecular flexibility index (Phi) is 4.79. The Morgan fingerprint density at radius 1 is 0.968 bits per heavy atom. The molecule has 1 aliphatic carbocycles. The van der Waals surface area contributed by atoms with Crippen molar-refractivity contribution in [1.82, 2.24) is 0 Å². The lowest BCUT2D eigenvalue weighted by Gasteiger charge is -2.44. The number of para-hydroxylation sites is 1. The van der Waals surface area contributed by atoms with Gasteiger partial charge < -0.3 is 4.90 Å². The highest BCUT2D eigenvalue weighted by molar-refractivity contribution is 9.10. The number of hydrogen-bond acceptors (Lipinski definition) is 4. The summed E-state index contributed by atoms with van der Waals surface area (Å²) >= 11 is 3.47. The van der Waals surface area contributed by atoms with Crippen LogP contribution in [0.25, 0.3) is 0 Å². The van der Waals surface area contributed by atoms with Gasteiger partial charge in [-0.05, 0) is 41.7 Å². The minimum absolute atomic E-state index is 0.0498. The van der Waals surface area contributed by atoms with Crippen molar-refractivity contribution in [3.05, 3.63) is 86.5 Å². The number of allylic oxidation sites excluding steroid dienone is 4. The van der Waals surface area contributed by atoms with Gasteiger partial charge in [-0.3, -0.25) is 4.79 Å². The molecule has 6 heteroatoms. The number of benzene rings is 2. The van der Waals surface area contributed by atoms with E-state index in [1.807, 2.05) is 54.6 Å². The summed E-state index contributed by atoms with van der Waals surface area (Å²) in [4.78, 5) is 16.0. The van der Waals surface area contributed by atoms with Crippen LogP contribution in [0.5, 0.6) is 0 Å². The summed E-state index contributed by atoms with van der Waals surface area (Å²) in [5, 5.41) is 0. The molecule has 0 amide bonds. The van der Waals surface area contributed by atoms with E-state index in [0.717, 1.165) is 33.5 Å². The Morgan fingerprint density at radius 2 is 1.65 bits per heavy atom. The van der Waals surface area contributed by atoms with Crippen LogP contribution in [0.1, 0.15) is 44.6 Å². The van der Waals surface area contributed by atoms with E-state index >= 15 is 0 Å². The number of hydrogen-bond donors (Lipinski definition) is 0. The van der Waals surface area contributed by atoms with Crippen LogP contribution in [-0.2, 0) is 14.6 Å². The van der Waals surface area contributed by atoms with Gasteiger partial charge in [-0.1, -0.05) is 60.1 Å². The van der Waals surface area contributed by atoms with Gasteiger partial charge in [-0.2, -0.15) is 0 Å². The van der Waals surface area contributed by atoms with E-state index in [9.17, 15) is 13.2 Å². The molecular weight excluding hydrogens is 474 g/mol. The third kappa shape index (κ3) is 3.40. The van der Waals surface area contributed by atoms with Crippen molar-refractivity contribution in [2.24, 2.45) is 5.41 Å². The van der Waals surface area contributed by atoms with Crippen molar-refractivity contribution in [3.8, 4) is 0 Å². The van der Waals surface area contributed by atoms with Crippen LogP contribution < -0.4 is 4.90 Å². The van der Waals surface area contributed by atoms with Crippen molar-refractivity contribution in [3.63, 3.8) is 0 Å². The Bertz CT molecular complexity index is 1240.